The standard InChI is InChI=1S/C24H22NS.C23H20NS.2C5H8O2.2Ir/c1-14-6-15(2)10-19(9-14)21-12-22-20(13-25-21)11-23(26-22)24-17(4)7-16(3)8-18(24)5;1-14-5-15(2)8-18(7-14)21-12-23-20(13-24-21)11-22(25-23)19-9-16(3)6-17(4)10-19;2*1-4(6)3-5(2)7;;/h6-9,11-13H,1-5H3;5-7,9-13H,1-4H3;2*3,6H,1-2H3;;/q2*-1;;;;. The van der Waals surface area contributed by atoms with Gasteiger partial charge in [-0.1, -0.05) is 86.8 Å². The van der Waals surface area contributed by atoms with Gasteiger partial charge in [0.05, 0.1) is 11.5 Å². The Balaban J connectivity index is 0.000000272. The Hall–Kier alpha value is -5.18. The van der Waals surface area contributed by atoms with Crippen molar-refractivity contribution in [2.45, 2.75) is 90.0 Å². The summed E-state index contributed by atoms with van der Waals surface area (Å²) < 4.78 is 2.55. The van der Waals surface area contributed by atoms with E-state index in [1.54, 1.807) is 0 Å². The molecule has 10 heteroatoms. The van der Waals surface area contributed by atoms with Gasteiger partial charge < -0.3 is 20.2 Å². The SMILES string of the molecule is CC(=O)C=C(C)O.CC(=O)C=C(C)O.Cc1[c-]c(-c2cc3sc(-c4c(C)cc(C)cc4C)cc3cn2)cc(C)c1.Cc1[c-]c(-c2cc3sc(-c4cc(C)cc(C)c4)cc3cn2)cc(C)c1.[Ir].[Ir]. The number of rotatable bonds is 6. The summed E-state index contributed by atoms with van der Waals surface area (Å²) in [5.74, 6) is -0.125. The van der Waals surface area contributed by atoms with Gasteiger partial charge in [0.15, 0.2) is 11.6 Å². The molecule has 2 N–H and O–H groups in total. The van der Waals surface area contributed by atoms with E-state index in [0.717, 1.165) is 33.6 Å². The van der Waals surface area contributed by atoms with Crippen LogP contribution in [0.1, 0.15) is 77.8 Å². The molecule has 352 valence electrons. The maximum Gasteiger partial charge on any atom is 0.155 e. The Morgan fingerprint density at radius 3 is 1.24 bits per heavy atom. The molecule has 6 nitrogen and oxygen atoms in total. The van der Waals surface area contributed by atoms with Crippen LogP contribution >= 0.6 is 22.7 Å². The molecule has 0 unspecified atom stereocenters. The average Bonchev–Trinajstić information content (AvgIpc) is 3.80. The molecule has 2 radical (unpaired) electrons. The van der Waals surface area contributed by atoms with Crippen LogP contribution in [0.25, 0.3) is 63.6 Å². The first-order valence-electron chi connectivity index (χ1n) is 21.4. The molecule has 0 atom stereocenters. The van der Waals surface area contributed by atoms with Gasteiger partial charge in [0, 0.05) is 94.7 Å². The number of carbonyl (C=O) groups is 2. The molecule has 0 saturated heterocycles. The Morgan fingerprint density at radius 1 is 0.493 bits per heavy atom. The maximum absolute atomic E-state index is 10.0. The summed E-state index contributed by atoms with van der Waals surface area (Å²) in [6.45, 7) is 25.0. The predicted molar refractivity (Wildman–Crippen MR) is 275 cm³/mol. The molecular weight excluding hydrogens is 1230 g/mol. The van der Waals surface area contributed by atoms with E-state index >= 15 is 0 Å². The van der Waals surface area contributed by atoms with E-state index in [4.69, 9.17) is 15.2 Å². The number of benzene rings is 4. The van der Waals surface area contributed by atoms with Gasteiger partial charge in [-0.05, 0) is 108 Å². The van der Waals surface area contributed by atoms with Crippen LogP contribution in [0.2, 0.25) is 0 Å². The van der Waals surface area contributed by atoms with E-state index in [1.807, 2.05) is 35.1 Å². The number of thiophene rings is 2. The quantitative estimate of drug-likeness (QED) is 0.0977. The van der Waals surface area contributed by atoms with Gasteiger partial charge in [-0.25, -0.2) is 0 Å². The second-order valence-electron chi connectivity index (χ2n) is 16.9. The third kappa shape index (κ3) is 16.5. The van der Waals surface area contributed by atoms with Gasteiger partial charge in [0.25, 0.3) is 0 Å². The number of carbonyl (C=O) groups excluding carboxylic acids is 2. The summed E-state index contributed by atoms with van der Waals surface area (Å²) in [7, 11) is 0. The second-order valence-corrected chi connectivity index (χ2v) is 19.1. The molecule has 0 spiro atoms. The molecule has 4 aromatic carbocycles. The fourth-order valence-corrected chi connectivity index (χ4v) is 10.1. The number of aliphatic hydroxyl groups is 2. The molecule has 0 fully saturated rings. The summed E-state index contributed by atoms with van der Waals surface area (Å²) in [5, 5.41) is 19.1. The fraction of sp³-hybridized carbons (Fsp3) is 0.228. The van der Waals surface area contributed by atoms with Crippen LogP contribution in [0.4, 0.5) is 0 Å². The van der Waals surface area contributed by atoms with Crippen LogP contribution in [-0.2, 0) is 49.8 Å². The topological polar surface area (TPSA) is 100 Å². The minimum Gasteiger partial charge on any atom is -0.512 e. The summed E-state index contributed by atoms with van der Waals surface area (Å²) in [4.78, 5) is 32.0. The first kappa shape index (κ1) is 56.1. The van der Waals surface area contributed by atoms with Crippen molar-refractivity contribution in [1.29, 1.82) is 0 Å². The number of aliphatic hydroxyl groups excluding tert-OH is 2. The minimum atomic E-state index is -0.125. The smallest absolute Gasteiger partial charge is 0.155 e. The molecular formula is C57H58Ir2N2O4S2-2. The molecule has 4 aromatic heterocycles. The van der Waals surface area contributed by atoms with Gasteiger partial charge in [0.2, 0.25) is 0 Å². The van der Waals surface area contributed by atoms with E-state index in [9.17, 15) is 9.59 Å². The number of nitrogens with zero attached hydrogens (tertiary/aromatic N) is 2. The number of pyridine rings is 2. The molecule has 0 aliphatic rings. The fourth-order valence-electron chi connectivity index (χ4n) is 7.77. The maximum atomic E-state index is 10.0. The first-order chi connectivity index (χ1) is 30.6. The molecule has 0 aliphatic heterocycles. The van der Waals surface area contributed by atoms with E-state index < -0.39 is 0 Å². The van der Waals surface area contributed by atoms with Gasteiger partial charge in [-0.3, -0.25) is 9.59 Å². The van der Waals surface area contributed by atoms with Crippen LogP contribution in [0.3, 0.4) is 0 Å². The molecule has 4 heterocycles. The number of aromatic nitrogens is 2. The van der Waals surface area contributed by atoms with E-state index in [2.05, 4.69) is 158 Å². The minimum absolute atomic E-state index is 0. The summed E-state index contributed by atoms with van der Waals surface area (Å²) in [6, 6.07) is 35.6. The third-order valence-corrected chi connectivity index (χ3v) is 12.2. The number of hydrogen-bond donors (Lipinski definition) is 2. The normalized spacial score (nSPS) is 10.9. The number of hydrogen-bond acceptors (Lipinski definition) is 8. The zero-order valence-corrected chi connectivity index (χ0v) is 46.8. The Labute approximate surface area is 431 Å². The van der Waals surface area contributed by atoms with Crippen LogP contribution in [0, 0.1) is 74.4 Å². The summed E-state index contributed by atoms with van der Waals surface area (Å²) >= 11 is 3.68. The van der Waals surface area contributed by atoms with E-state index in [0.29, 0.717) is 0 Å². The number of allylic oxidation sites excluding steroid dienone is 4. The van der Waals surface area contributed by atoms with Crippen LogP contribution in [-0.4, -0.2) is 31.7 Å². The van der Waals surface area contributed by atoms with Crippen molar-refractivity contribution in [3.8, 4) is 43.4 Å². The number of ketones is 2. The Morgan fingerprint density at radius 2 is 0.866 bits per heavy atom. The van der Waals surface area contributed by atoms with Crippen molar-refractivity contribution in [3.05, 3.63) is 177 Å². The van der Waals surface area contributed by atoms with Crippen LogP contribution < -0.4 is 0 Å². The van der Waals surface area contributed by atoms with Gasteiger partial charge >= 0.3 is 0 Å². The number of aryl methyl sites for hydroxylation is 9. The third-order valence-electron chi connectivity index (χ3n) is 9.91. The van der Waals surface area contributed by atoms with Gasteiger partial charge in [0.1, 0.15) is 0 Å². The Bertz CT molecular complexity index is 2940. The zero-order chi connectivity index (χ0) is 47.7. The van der Waals surface area contributed by atoms with Crippen LogP contribution in [0.15, 0.2) is 115 Å². The van der Waals surface area contributed by atoms with Crippen molar-refractivity contribution >= 4 is 54.4 Å². The van der Waals surface area contributed by atoms with E-state index in [1.165, 1.54) is 120 Å². The zero-order valence-electron chi connectivity index (χ0n) is 40.4. The van der Waals surface area contributed by atoms with Gasteiger partial charge in [-0.15, -0.1) is 92.5 Å². The molecule has 0 amide bonds. The molecule has 8 rings (SSSR count). The molecule has 8 aromatic rings. The average molecular weight is 1280 g/mol. The number of fused-ring (bicyclic) bond motifs is 2. The van der Waals surface area contributed by atoms with Gasteiger partial charge in [-0.2, -0.15) is 0 Å². The van der Waals surface area contributed by atoms with Crippen molar-refractivity contribution < 1.29 is 60.0 Å². The first-order valence-corrected chi connectivity index (χ1v) is 23.0. The Kier molecular flexibility index (Phi) is 21.2. The molecule has 0 bridgehead atoms. The van der Waals surface area contributed by atoms with Crippen molar-refractivity contribution in [1.82, 2.24) is 9.97 Å². The predicted octanol–water partition coefficient (Wildman–Crippen LogP) is 15.7. The van der Waals surface area contributed by atoms with Crippen LogP contribution in [0.5, 0.6) is 0 Å². The monoisotopic (exact) mass is 1280 g/mol. The summed E-state index contributed by atoms with van der Waals surface area (Å²) in [6.07, 6.45) is 6.31. The summed E-state index contributed by atoms with van der Waals surface area (Å²) in [5.41, 5.74) is 18.2. The van der Waals surface area contributed by atoms with Crippen molar-refractivity contribution in [3.63, 3.8) is 0 Å². The van der Waals surface area contributed by atoms with Crippen molar-refractivity contribution in [2.24, 2.45) is 0 Å². The largest absolute Gasteiger partial charge is 0.512 e. The van der Waals surface area contributed by atoms with E-state index in [-0.39, 0.29) is 63.3 Å². The molecule has 0 aliphatic carbocycles. The molecule has 67 heavy (non-hydrogen) atoms. The molecule has 0 saturated carbocycles. The second kappa shape index (κ2) is 25.3. The van der Waals surface area contributed by atoms with Crippen molar-refractivity contribution in [2.75, 3.05) is 0 Å².